The number of amides is 6. The number of aryl methyl sites for hydroxylation is 1. The number of terminal acetylenes is 1. The molecule has 586 valence electrons. The van der Waals surface area contributed by atoms with E-state index in [1.54, 1.807) is 4.68 Å². The minimum absolute atomic E-state index is 0.0123. The molecule has 6 atom stereocenters. The Kier molecular flexibility index (Phi) is 36.4. The first kappa shape index (κ1) is 87.3. The number of carbonyl (C=O) groups excluding carboxylic acids is 6. The molecule has 12 N–H and O–H groups in total. The number of unbranched alkanes of at least 4 members (excludes halogenated alkanes) is 3. The number of benzene rings is 2. The number of nitrogens with one attached hydrogen (secondary N) is 6. The third kappa shape index (κ3) is 27.2. The summed E-state index contributed by atoms with van der Waals surface area (Å²) in [5.74, 6) is -4.79. The summed E-state index contributed by atoms with van der Waals surface area (Å²) in [6.07, 6.45) is 23.8. The number of para-hydroxylation sites is 2. The molecule has 28 heteroatoms. The van der Waals surface area contributed by atoms with E-state index in [-0.39, 0.29) is 68.8 Å². The van der Waals surface area contributed by atoms with E-state index >= 15 is 0 Å². The molecule has 6 amide bonds. The molecule has 0 bridgehead atoms. The van der Waals surface area contributed by atoms with Gasteiger partial charge in [-0.1, -0.05) is 93.1 Å². The van der Waals surface area contributed by atoms with Gasteiger partial charge in [0.25, 0.3) is 0 Å². The Balaban J connectivity index is 0.855. The number of nitrogens with zero attached hydrogens (tertiary/aromatic N) is 5. The van der Waals surface area contributed by atoms with Crippen LogP contribution in [-0.4, -0.2) is 198 Å². The van der Waals surface area contributed by atoms with Gasteiger partial charge in [0, 0.05) is 71.5 Å². The Bertz CT molecular complexity index is 3690. The quantitative estimate of drug-likeness (QED) is 0.0158. The molecule has 6 rings (SSSR count). The summed E-state index contributed by atoms with van der Waals surface area (Å²) in [5.41, 5.74) is 21.6. The van der Waals surface area contributed by atoms with Gasteiger partial charge in [0.1, 0.15) is 42.8 Å². The molecule has 0 saturated carbocycles. The molecule has 27 nitrogen and oxygen atoms in total. The number of carbonyl (C=O) groups is 8. The molecule has 3 aliphatic rings. The number of fused-ring (bicyclic) bond motifs is 2. The largest absolute Gasteiger partial charge is 0.481 e. The van der Waals surface area contributed by atoms with Gasteiger partial charge in [-0.05, 0) is 153 Å². The Morgan fingerprint density at radius 3 is 1.88 bits per heavy atom. The van der Waals surface area contributed by atoms with E-state index in [1.807, 2.05) is 20.0 Å². The molecule has 0 unspecified atom stereocenters. The Labute approximate surface area is 635 Å². The molecule has 0 radical (unpaired) electrons. The third-order valence-electron chi connectivity index (χ3n) is 19.1. The predicted molar refractivity (Wildman–Crippen MR) is 411 cm³/mol. The number of halogens is 1. The standard InChI is InChI=1S/C79H114ClN13O14/c1-10-11-20-39-92-65-30-14-12-26-59(65)78(6,7)67(92)34-32-56-23-21-24-57(71(56)80)33-35-68-79(8,9)60-27-13-15-31-66(60)93(68)40-22-25-58-52-91(90-89-58)41-43-105-45-47-107-49-48-106-46-44-104-42-36-69(94)83-54(4)72(97)87-63(50-53(2)3)75(100)85-61(28-16-18-37-81)74(99)84-55(5)73(98)88-64(51-70(95)96)76(101)86-62(77(102)103)29-17-19-38-82/h1,12-15,26-27,30-35,52-55,61-64H,11,16-25,28-29,36-51,81-82H2,2-9H3,(H7-,83,84,85,86,87,88,94,95,96,97,98,99,100,101,102,103)/p+1/t54-,55-,61-,62-,63-,64-/m0/s1. The molecular weight excluding hydrogens is 1390 g/mol. The van der Waals surface area contributed by atoms with Crippen molar-refractivity contribution in [2.75, 3.05) is 83.9 Å². The van der Waals surface area contributed by atoms with Crippen molar-refractivity contribution in [2.45, 2.75) is 212 Å². The minimum atomic E-state index is -1.70. The van der Waals surface area contributed by atoms with Crippen LogP contribution in [0.5, 0.6) is 0 Å². The fourth-order valence-electron chi connectivity index (χ4n) is 13.2. The zero-order valence-electron chi connectivity index (χ0n) is 63.7. The fourth-order valence-corrected chi connectivity index (χ4v) is 13.5. The second-order valence-electron chi connectivity index (χ2n) is 28.7. The number of allylic oxidation sites excluding steroid dienone is 8. The number of carboxylic acids is 2. The monoisotopic (exact) mass is 1500 g/mol. The first-order valence-corrected chi connectivity index (χ1v) is 38.0. The van der Waals surface area contributed by atoms with E-state index in [0.29, 0.717) is 71.8 Å². The van der Waals surface area contributed by atoms with Crippen LogP contribution in [0.3, 0.4) is 0 Å². The SMILES string of the molecule is C#CCCCN1C(=C/C=C2\CCCC(/C=C/C3=[N+](CCCc4cn(CCOCCOCCOCCOCCC(=O)N[C@@H](C)C(=O)N[C@@H](CC(C)C)C(=O)N[C@@H](CCCCN)C(=O)N[C@@H](C)C(=O)N[C@@H](CC(=O)O)C(=O)N[C@@H](CCCCN)C(=O)O)nn4)c4ccccc4C3(C)C)=C2Cl)C(C)(C)c2ccccc21. The van der Waals surface area contributed by atoms with Crippen molar-refractivity contribution < 1.29 is 72.1 Å². The molecule has 1 aromatic heterocycles. The lowest BCUT2D eigenvalue weighted by Gasteiger charge is -2.27. The summed E-state index contributed by atoms with van der Waals surface area (Å²) >= 11 is 7.33. The van der Waals surface area contributed by atoms with Crippen molar-refractivity contribution in [3.63, 3.8) is 0 Å². The van der Waals surface area contributed by atoms with E-state index in [1.165, 1.54) is 47.8 Å². The number of rotatable bonds is 49. The summed E-state index contributed by atoms with van der Waals surface area (Å²) in [4.78, 5) is 106. The molecule has 2 aromatic carbocycles. The second kappa shape index (κ2) is 44.6. The summed E-state index contributed by atoms with van der Waals surface area (Å²) < 4.78 is 27.0. The molecule has 1 aliphatic carbocycles. The number of hydrogen-bond donors (Lipinski definition) is 10. The van der Waals surface area contributed by atoms with Crippen molar-refractivity contribution >= 4 is 76.1 Å². The Morgan fingerprint density at radius 2 is 1.23 bits per heavy atom. The first-order chi connectivity index (χ1) is 51.2. The van der Waals surface area contributed by atoms with Crippen LogP contribution in [0.4, 0.5) is 11.4 Å². The lowest BCUT2D eigenvalue weighted by molar-refractivity contribution is -0.438. The van der Waals surface area contributed by atoms with Crippen LogP contribution in [0.2, 0.25) is 0 Å². The number of hydrogen-bond acceptors (Lipinski definition) is 17. The fraction of sp³-hybridized carbons (Fsp3) is 0.582. The zero-order chi connectivity index (χ0) is 78.1. The van der Waals surface area contributed by atoms with Crippen LogP contribution in [0.25, 0.3) is 0 Å². The maximum atomic E-state index is 13.8. The van der Waals surface area contributed by atoms with Gasteiger partial charge in [-0.15, -0.1) is 17.4 Å². The molecule has 3 heterocycles. The van der Waals surface area contributed by atoms with Crippen molar-refractivity contribution in [3.8, 4) is 12.3 Å². The van der Waals surface area contributed by atoms with E-state index in [9.17, 15) is 48.6 Å². The lowest BCUT2D eigenvalue weighted by atomic mass is 9.81. The second-order valence-corrected chi connectivity index (χ2v) is 29.1. The Hall–Kier alpha value is -8.62. The number of nitrogens with two attached hydrogens (primary N) is 2. The smallest absolute Gasteiger partial charge is 0.326 e. The lowest BCUT2D eigenvalue weighted by Crippen LogP contribution is -2.59. The van der Waals surface area contributed by atoms with Gasteiger partial charge in [-0.3, -0.25) is 33.6 Å². The van der Waals surface area contributed by atoms with Gasteiger partial charge >= 0.3 is 11.9 Å². The van der Waals surface area contributed by atoms with E-state index in [4.69, 9.17) is 48.4 Å². The van der Waals surface area contributed by atoms with Crippen LogP contribution in [0.1, 0.15) is 169 Å². The summed E-state index contributed by atoms with van der Waals surface area (Å²) in [7, 11) is 0. The summed E-state index contributed by atoms with van der Waals surface area (Å²) in [5, 5.41) is 43.8. The van der Waals surface area contributed by atoms with Crippen molar-refractivity contribution in [1.82, 2.24) is 46.9 Å². The highest BCUT2D eigenvalue weighted by molar-refractivity contribution is 6.32. The number of ether oxygens (including phenoxy) is 4. The number of aliphatic carboxylic acids is 2. The molecular formula is C79H115ClN13O14+. The van der Waals surface area contributed by atoms with Crippen molar-refractivity contribution in [2.24, 2.45) is 17.4 Å². The predicted octanol–water partition coefficient (Wildman–Crippen LogP) is 6.81. The molecule has 0 spiro atoms. The Morgan fingerprint density at radius 1 is 0.654 bits per heavy atom. The highest BCUT2D eigenvalue weighted by Crippen LogP contribution is 2.48. The van der Waals surface area contributed by atoms with Crippen LogP contribution in [-0.2, 0) is 81.1 Å². The maximum absolute atomic E-state index is 13.8. The van der Waals surface area contributed by atoms with Gasteiger partial charge in [0.2, 0.25) is 41.1 Å². The molecule has 2 aliphatic heterocycles. The van der Waals surface area contributed by atoms with Crippen LogP contribution < -0.4 is 48.3 Å². The third-order valence-corrected chi connectivity index (χ3v) is 19.6. The van der Waals surface area contributed by atoms with Crippen LogP contribution >= 0.6 is 11.6 Å². The average Bonchev–Trinajstić information content (AvgIpc) is 1.60. The van der Waals surface area contributed by atoms with Gasteiger partial charge in [-0.2, -0.15) is 4.58 Å². The van der Waals surface area contributed by atoms with Gasteiger partial charge in [-0.25, -0.2) is 9.48 Å². The number of anilines is 1. The summed E-state index contributed by atoms with van der Waals surface area (Å²) in [6.45, 7) is 20.7. The highest BCUT2D eigenvalue weighted by Gasteiger charge is 2.45. The normalized spacial score (nSPS) is 16.9. The van der Waals surface area contributed by atoms with Gasteiger partial charge in [0.15, 0.2) is 5.71 Å². The van der Waals surface area contributed by atoms with Crippen molar-refractivity contribution in [1.29, 1.82) is 0 Å². The highest BCUT2D eigenvalue weighted by atomic mass is 35.5. The molecule has 107 heavy (non-hydrogen) atoms. The number of aromatic nitrogens is 3. The van der Waals surface area contributed by atoms with Crippen LogP contribution in [0, 0.1) is 18.3 Å². The summed E-state index contributed by atoms with van der Waals surface area (Å²) in [6, 6.07) is 9.47. The zero-order valence-corrected chi connectivity index (χ0v) is 64.4. The molecule has 0 fully saturated rings. The molecule has 0 saturated heterocycles. The number of carboxylic acid groups (broad SMARTS) is 2. The minimum Gasteiger partial charge on any atom is -0.481 e. The topological polar surface area (TPSA) is 375 Å². The average molecular weight is 1510 g/mol. The van der Waals surface area contributed by atoms with E-state index in [0.717, 1.165) is 79.9 Å². The van der Waals surface area contributed by atoms with E-state index in [2.05, 4.69) is 158 Å². The van der Waals surface area contributed by atoms with E-state index < -0.39 is 90.1 Å². The maximum Gasteiger partial charge on any atom is 0.326 e. The molecule has 3 aromatic rings. The van der Waals surface area contributed by atoms with Gasteiger partial charge in [0.05, 0.1) is 76.9 Å². The first-order valence-electron chi connectivity index (χ1n) is 37.6. The van der Waals surface area contributed by atoms with Crippen LogP contribution in [0.15, 0.2) is 101 Å². The van der Waals surface area contributed by atoms with Crippen molar-refractivity contribution in [3.05, 3.63) is 118 Å². The van der Waals surface area contributed by atoms with Gasteiger partial charge < -0.3 is 77.4 Å².